The van der Waals surface area contributed by atoms with Gasteiger partial charge in [-0.15, -0.1) is 0 Å². The molecule has 0 fully saturated rings. The second-order valence-corrected chi connectivity index (χ2v) is 10.6. The van der Waals surface area contributed by atoms with Crippen molar-refractivity contribution < 1.29 is 0 Å². The van der Waals surface area contributed by atoms with E-state index in [2.05, 4.69) is 106 Å². The van der Waals surface area contributed by atoms with Crippen molar-refractivity contribution in [2.75, 3.05) is 0 Å². The average molecular weight is 497 g/mol. The largest absolute Gasteiger partial charge is 0.337 e. The minimum absolute atomic E-state index is 0.256. The van der Waals surface area contributed by atoms with Gasteiger partial charge in [0.2, 0.25) is 0 Å². The van der Waals surface area contributed by atoms with Crippen LogP contribution in [0.15, 0.2) is 93.5 Å². The molecule has 166 valence electrons. The van der Waals surface area contributed by atoms with Crippen LogP contribution in [0.4, 0.5) is 0 Å². The Balaban J connectivity index is 1.50. The van der Waals surface area contributed by atoms with Crippen molar-refractivity contribution in [3.63, 3.8) is 0 Å². The molecule has 0 bridgehead atoms. The fourth-order valence-corrected chi connectivity index (χ4v) is 6.34. The Morgan fingerprint density at radius 1 is 1.03 bits per heavy atom. The highest BCUT2D eigenvalue weighted by Crippen LogP contribution is 2.43. The highest BCUT2D eigenvalue weighted by molar-refractivity contribution is 9.11. The van der Waals surface area contributed by atoms with Crippen molar-refractivity contribution >= 4 is 39.1 Å². The van der Waals surface area contributed by atoms with Crippen LogP contribution in [0.5, 0.6) is 0 Å². The highest BCUT2D eigenvalue weighted by Gasteiger charge is 2.30. The Bertz CT molecular complexity index is 1310. The molecule has 4 unspecified atom stereocenters. The van der Waals surface area contributed by atoms with Crippen LogP contribution in [0, 0.1) is 11.8 Å². The number of hydrogen-bond acceptors (Lipinski definition) is 1. The van der Waals surface area contributed by atoms with E-state index in [0.717, 1.165) is 25.7 Å². The van der Waals surface area contributed by atoms with Crippen LogP contribution in [-0.4, -0.2) is 16.8 Å². The van der Waals surface area contributed by atoms with Crippen LogP contribution in [0.25, 0.3) is 17.0 Å². The number of hydrogen-bond donors (Lipinski definition) is 0. The summed E-state index contributed by atoms with van der Waals surface area (Å²) in [6.07, 6.45) is 26.9. The van der Waals surface area contributed by atoms with E-state index in [-0.39, 0.29) is 6.04 Å². The number of aromatic nitrogens is 1. The van der Waals surface area contributed by atoms with Crippen LogP contribution in [-0.2, 0) is 6.42 Å². The van der Waals surface area contributed by atoms with E-state index >= 15 is 0 Å². The van der Waals surface area contributed by atoms with Gasteiger partial charge in [0, 0.05) is 34.3 Å². The number of benzene rings is 1. The van der Waals surface area contributed by atoms with E-state index in [9.17, 15) is 0 Å². The van der Waals surface area contributed by atoms with E-state index in [1.807, 2.05) is 6.21 Å². The van der Waals surface area contributed by atoms with Gasteiger partial charge in [-0.2, -0.15) is 0 Å². The molecule has 0 radical (unpaired) electrons. The SMILES string of the molecule is CC1C=CC=CC1C1=CC(n2c3c(c4ccccc42)C=C(Br)CC3)CC(C2CC=CC=N2)=C1. The lowest BCUT2D eigenvalue weighted by atomic mass is 9.78. The zero-order valence-electron chi connectivity index (χ0n) is 19.0. The van der Waals surface area contributed by atoms with E-state index in [1.165, 1.54) is 37.8 Å². The van der Waals surface area contributed by atoms with Crippen LogP contribution >= 0.6 is 15.9 Å². The number of aliphatic imine (C=N–C) groups is 1. The first-order valence-corrected chi connectivity index (χ1v) is 12.9. The molecule has 33 heavy (non-hydrogen) atoms. The van der Waals surface area contributed by atoms with Crippen LogP contribution in [0.1, 0.15) is 43.5 Å². The minimum atomic E-state index is 0.256. The van der Waals surface area contributed by atoms with E-state index < -0.39 is 0 Å². The third kappa shape index (κ3) is 3.77. The van der Waals surface area contributed by atoms with Crippen molar-refractivity contribution in [2.45, 2.75) is 44.7 Å². The van der Waals surface area contributed by atoms with Gasteiger partial charge < -0.3 is 4.57 Å². The molecule has 6 rings (SSSR count). The predicted octanol–water partition coefficient (Wildman–Crippen LogP) is 7.90. The van der Waals surface area contributed by atoms with Gasteiger partial charge in [-0.3, -0.25) is 4.99 Å². The molecule has 3 heteroatoms. The molecule has 1 aromatic carbocycles. The molecule has 1 aromatic heterocycles. The smallest absolute Gasteiger partial charge is 0.0747 e. The molecule has 0 spiro atoms. The molecular weight excluding hydrogens is 468 g/mol. The number of fused-ring (bicyclic) bond motifs is 3. The zero-order chi connectivity index (χ0) is 22.4. The second kappa shape index (κ2) is 8.61. The van der Waals surface area contributed by atoms with Crippen molar-refractivity contribution in [2.24, 2.45) is 16.8 Å². The maximum absolute atomic E-state index is 4.86. The topological polar surface area (TPSA) is 17.3 Å². The summed E-state index contributed by atoms with van der Waals surface area (Å²) in [7, 11) is 0. The molecule has 0 saturated carbocycles. The maximum Gasteiger partial charge on any atom is 0.0747 e. The van der Waals surface area contributed by atoms with E-state index in [0.29, 0.717) is 17.9 Å². The van der Waals surface area contributed by atoms with Crippen molar-refractivity contribution in [3.8, 4) is 0 Å². The summed E-state index contributed by atoms with van der Waals surface area (Å²) in [5, 5.41) is 1.36. The lowest BCUT2D eigenvalue weighted by Gasteiger charge is -2.32. The summed E-state index contributed by atoms with van der Waals surface area (Å²) in [4.78, 5) is 4.86. The Hall–Kier alpha value is -2.65. The third-order valence-corrected chi connectivity index (χ3v) is 8.17. The Kier molecular flexibility index (Phi) is 5.46. The number of allylic oxidation sites excluding steroid dienone is 9. The molecule has 4 aliphatic rings. The fourth-order valence-electron chi connectivity index (χ4n) is 5.92. The van der Waals surface area contributed by atoms with Gasteiger partial charge in [0.15, 0.2) is 0 Å². The summed E-state index contributed by atoms with van der Waals surface area (Å²) in [6.45, 7) is 2.33. The lowest BCUT2D eigenvalue weighted by Crippen LogP contribution is -2.23. The molecular formula is C30H29BrN2. The van der Waals surface area contributed by atoms with Crippen molar-refractivity contribution in [3.05, 3.63) is 99.8 Å². The van der Waals surface area contributed by atoms with Crippen molar-refractivity contribution in [1.29, 1.82) is 0 Å². The Morgan fingerprint density at radius 3 is 2.76 bits per heavy atom. The quantitative estimate of drug-likeness (QED) is 0.410. The number of nitrogens with zero attached hydrogens (tertiary/aromatic N) is 2. The summed E-state index contributed by atoms with van der Waals surface area (Å²) in [5.41, 5.74) is 7.12. The van der Waals surface area contributed by atoms with E-state index in [1.54, 1.807) is 0 Å². The van der Waals surface area contributed by atoms with Gasteiger partial charge in [0.25, 0.3) is 0 Å². The fraction of sp³-hybridized carbons (Fsp3) is 0.300. The molecule has 2 aromatic rings. The summed E-state index contributed by atoms with van der Waals surface area (Å²) in [5.74, 6) is 0.920. The first kappa shape index (κ1) is 20.9. The molecule has 0 N–H and O–H groups in total. The van der Waals surface area contributed by atoms with Gasteiger partial charge in [-0.05, 0) is 65.4 Å². The molecule has 3 aliphatic carbocycles. The van der Waals surface area contributed by atoms with Gasteiger partial charge >= 0.3 is 0 Å². The Labute approximate surface area is 204 Å². The number of dihydropyridines is 1. The zero-order valence-corrected chi connectivity index (χ0v) is 20.6. The lowest BCUT2D eigenvalue weighted by molar-refractivity contribution is 0.527. The standard InChI is InChI=1S/C30H29BrN2/c1-20-8-2-3-9-25(20)21-16-22(28-11-6-7-15-32-28)18-24(17-21)33-29-12-5-4-10-26(29)27-19-23(31)13-14-30(27)33/h2-10,12,15-17,19-20,24-25,28H,11,13-14,18H2,1H3. The molecule has 4 atom stereocenters. The van der Waals surface area contributed by atoms with Gasteiger partial charge in [0.05, 0.1) is 12.1 Å². The summed E-state index contributed by atoms with van der Waals surface area (Å²) >= 11 is 3.77. The first-order chi connectivity index (χ1) is 16.2. The third-order valence-electron chi connectivity index (χ3n) is 7.54. The maximum atomic E-state index is 4.86. The number of rotatable bonds is 3. The molecule has 1 aliphatic heterocycles. The number of halogens is 1. The molecule has 2 heterocycles. The summed E-state index contributed by atoms with van der Waals surface area (Å²) < 4.78 is 3.94. The summed E-state index contributed by atoms with van der Waals surface area (Å²) in [6, 6.07) is 9.50. The second-order valence-electron chi connectivity index (χ2n) is 9.63. The monoisotopic (exact) mass is 496 g/mol. The van der Waals surface area contributed by atoms with Gasteiger partial charge in [0.1, 0.15) is 0 Å². The Morgan fingerprint density at radius 2 is 1.91 bits per heavy atom. The van der Waals surface area contributed by atoms with Crippen LogP contribution < -0.4 is 0 Å². The highest BCUT2D eigenvalue weighted by atomic mass is 79.9. The average Bonchev–Trinajstić information content (AvgIpc) is 3.18. The van der Waals surface area contributed by atoms with E-state index in [4.69, 9.17) is 4.99 Å². The van der Waals surface area contributed by atoms with Crippen LogP contribution in [0.2, 0.25) is 0 Å². The predicted molar refractivity (Wildman–Crippen MR) is 144 cm³/mol. The molecule has 2 nitrogen and oxygen atoms in total. The molecule has 0 saturated heterocycles. The normalized spacial score (nSPS) is 28.5. The molecule has 0 amide bonds. The first-order valence-electron chi connectivity index (χ1n) is 12.1. The van der Waals surface area contributed by atoms with Gasteiger partial charge in [-0.1, -0.05) is 83.6 Å². The van der Waals surface area contributed by atoms with Gasteiger partial charge in [-0.25, -0.2) is 0 Å². The minimum Gasteiger partial charge on any atom is -0.337 e. The van der Waals surface area contributed by atoms with Crippen molar-refractivity contribution in [1.82, 2.24) is 4.57 Å². The number of para-hydroxylation sites is 1. The van der Waals surface area contributed by atoms with Crippen LogP contribution in [0.3, 0.4) is 0 Å².